The van der Waals surface area contributed by atoms with Gasteiger partial charge < -0.3 is 10.2 Å². The zero-order chi connectivity index (χ0) is 14.7. The first-order valence-electron chi connectivity index (χ1n) is 6.64. The number of halogens is 1. The third-order valence-electron chi connectivity index (χ3n) is 3.26. The Balaban J connectivity index is 2.04. The molecular formula is C15H21ClN4. The van der Waals surface area contributed by atoms with Crippen molar-refractivity contribution in [3.8, 4) is 0 Å². The molecule has 0 aliphatic rings. The summed E-state index contributed by atoms with van der Waals surface area (Å²) in [7, 11) is 6.05. The summed E-state index contributed by atoms with van der Waals surface area (Å²) in [6, 6.07) is 7.92. The fraction of sp³-hybridized carbons (Fsp3) is 0.400. The highest BCUT2D eigenvalue weighted by Crippen LogP contribution is 2.21. The molecule has 1 N–H and O–H groups in total. The molecule has 0 amide bonds. The fourth-order valence-corrected chi connectivity index (χ4v) is 2.65. The molecule has 5 heteroatoms. The monoisotopic (exact) mass is 292 g/mol. The minimum Gasteiger partial charge on any atom is -0.363 e. The van der Waals surface area contributed by atoms with E-state index in [0.717, 1.165) is 29.6 Å². The molecule has 0 aliphatic carbocycles. The molecule has 20 heavy (non-hydrogen) atoms. The van der Waals surface area contributed by atoms with E-state index >= 15 is 0 Å². The molecule has 0 fully saturated rings. The van der Waals surface area contributed by atoms with Crippen molar-refractivity contribution in [1.82, 2.24) is 15.1 Å². The zero-order valence-electron chi connectivity index (χ0n) is 12.4. The molecular weight excluding hydrogens is 272 g/mol. The highest BCUT2D eigenvalue weighted by molar-refractivity contribution is 6.30. The molecule has 0 saturated heterocycles. The van der Waals surface area contributed by atoms with E-state index in [-0.39, 0.29) is 0 Å². The van der Waals surface area contributed by atoms with Crippen LogP contribution in [0.4, 0.5) is 5.82 Å². The molecule has 0 saturated carbocycles. The van der Waals surface area contributed by atoms with E-state index in [0.29, 0.717) is 0 Å². The lowest BCUT2D eigenvalue weighted by molar-refractivity contribution is 0.688. The van der Waals surface area contributed by atoms with Gasteiger partial charge in [0.25, 0.3) is 0 Å². The van der Waals surface area contributed by atoms with E-state index in [9.17, 15) is 0 Å². The molecule has 108 valence electrons. The van der Waals surface area contributed by atoms with Gasteiger partial charge in [-0.2, -0.15) is 5.10 Å². The second-order valence-corrected chi connectivity index (χ2v) is 5.58. The first-order valence-corrected chi connectivity index (χ1v) is 7.01. The van der Waals surface area contributed by atoms with Gasteiger partial charge in [-0.3, -0.25) is 4.68 Å². The summed E-state index contributed by atoms with van der Waals surface area (Å²) in [5.74, 6) is 1.14. The maximum Gasteiger partial charge on any atom is 0.130 e. The van der Waals surface area contributed by atoms with Gasteiger partial charge in [0.2, 0.25) is 0 Å². The van der Waals surface area contributed by atoms with Crippen molar-refractivity contribution >= 4 is 17.4 Å². The quantitative estimate of drug-likeness (QED) is 0.920. The summed E-state index contributed by atoms with van der Waals surface area (Å²) in [4.78, 5) is 2.09. The lowest BCUT2D eigenvalue weighted by Crippen LogP contribution is -2.18. The van der Waals surface area contributed by atoms with Gasteiger partial charge >= 0.3 is 0 Å². The molecule has 0 bridgehead atoms. The molecule has 0 unspecified atom stereocenters. The Morgan fingerprint density at radius 3 is 2.70 bits per heavy atom. The summed E-state index contributed by atoms with van der Waals surface area (Å²) in [5, 5.41) is 8.72. The standard InChI is InChI=1S/C15H21ClN4/c1-11-14(15(19(2)3)20(4)18-11)10-17-9-12-6-5-7-13(16)8-12/h5-8,17H,9-10H2,1-4H3. The average Bonchev–Trinajstić information content (AvgIpc) is 2.64. The third-order valence-corrected chi connectivity index (χ3v) is 3.49. The number of rotatable bonds is 5. The maximum absolute atomic E-state index is 5.99. The van der Waals surface area contributed by atoms with Crippen LogP contribution in [-0.4, -0.2) is 23.9 Å². The van der Waals surface area contributed by atoms with Crippen molar-refractivity contribution in [3.05, 3.63) is 46.1 Å². The number of hydrogen-bond acceptors (Lipinski definition) is 3. The minimum absolute atomic E-state index is 0.774. The molecule has 0 spiro atoms. The molecule has 0 radical (unpaired) electrons. The van der Waals surface area contributed by atoms with Crippen molar-refractivity contribution in [2.24, 2.45) is 7.05 Å². The van der Waals surface area contributed by atoms with Crippen LogP contribution in [-0.2, 0) is 20.1 Å². The van der Waals surface area contributed by atoms with Gasteiger partial charge in [0.05, 0.1) is 5.69 Å². The Hall–Kier alpha value is -1.52. The average molecular weight is 293 g/mol. The minimum atomic E-state index is 0.774. The van der Waals surface area contributed by atoms with Gasteiger partial charge in [-0.1, -0.05) is 23.7 Å². The SMILES string of the molecule is Cc1nn(C)c(N(C)C)c1CNCc1cccc(Cl)c1. The second kappa shape index (κ2) is 6.29. The fourth-order valence-electron chi connectivity index (χ4n) is 2.43. The maximum atomic E-state index is 5.99. The highest BCUT2D eigenvalue weighted by Gasteiger charge is 2.14. The Morgan fingerprint density at radius 1 is 1.30 bits per heavy atom. The zero-order valence-corrected chi connectivity index (χ0v) is 13.2. The molecule has 1 aromatic carbocycles. The summed E-state index contributed by atoms with van der Waals surface area (Å²) in [6.45, 7) is 3.63. The van der Waals surface area contributed by atoms with Gasteiger partial charge in [-0.05, 0) is 24.6 Å². The van der Waals surface area contributed by atoms with Gasteiger partial charge in [-0.15, -0.1) is 0 Å². The van der Waals surface area contributed by atoms with Crippen LogP contribution in [0, 0.1) is 6.92 Å². The Morgan fingerprint density at radius 2 is 2.05 bits per heavy atom. The van der Waals surface area contributed by atoms with Crippen LogP contribution < -0.4 is 10.2 Å². The molecule has 1 heterocycles. The summed E-state index contributed by atoms with van der Waals surface area (Å²) in [6.07, 6.45) is 0. The number of aryl methyl sites for hydroxylation is 2. The first kappa shape index (κ1) is 14.9. The molecule has 2 rings (SSSR count). The number of nitrogens with one attached hydrogen (secondary N) is 1. The van der Waals surface area contributed by atoms with Crippen LogP contribution >= 0.6 is 11.6 Å². The normalized spacial score (nSPS) is 10.8. The lowest BCUT2D eigenvalue weighted by Gasteiger charge is -2.15. The Labute approximate surface area is 125 Å². The van der Waals surface area contributed by atoms with E-state index in [1.54, 1.807) is 0 Å². The van der Waals surface area contributed by atoms with Crippen molar-refractivity contribution < 1.29 is 0 Å². The highest BCUT2D eigenvalue weighted by atomic mass is 35.5. The van der Waals surface area contributed by atoms with Crippen LogP contribution in [0.1, 0.15) is 16.8 Å². The van der Waals surface area contributed by atoms with E-state index in [2.05, 4.69) is 21.4 Å². The second-order valence-electron chi connectivity index (χ2n) is 5.14. The predicted octanol–water partition coefficient (Wildman–Crippen LogP) is 2.74. The largest absolute Gasteiger partial charge is 0.363 e. The summed E-state index contributed by atoms with van der Waals surface area (Å²) < 4.78 is 1.92. The Bertz CT molecular complexity index is 590. The van der Waals surface area contributed by atoms with Crippen LogP contribution in [0.5, 0.6) is 0 Å². The van der Waals surface area contributed by atoms with Crippen molar-refractivity contribution in [2.45, 2.75) is 20.0 Å². The Kier molecular flexibility index (Phi) is 4.68. The molecule has 1 aromatic heterocycles. The lowest BCUT2D eigenvalue weighted by atomic mass is 10.2. The van der Waals surface area contributed by atoms with Crippen molar-refractivity contribution in [3.63, 3.8) is 0 Å². The van der Waals surface area contributed by atoms with Gasteiger partial charge in [0, 0.05) is 44.8 Å². The van der Waals surface area contributed by atoms with Crippen LogP contribution in [0.3, 0.4) is 0 Å². The van der Waals surface area contributed by atoms with E-state index in [1.807, 2.05) is 50.9 Å². The summed E-state index contributed by atoms with van der Waals surface area (Å²) in [5.41, 5.74) is 3.49. The third kappa shape index (κ3) is 3.32. The number of nitrogens with zero attached hydrogens (tertiary/aromatic N) is 3. The summed E-state index contributed by atoms with van der Waals surface area (Å²) >= 11 is 5.99. The van der Waals surface area contributed by atoms with Gasteiger partial charge in [-0.25, -0.2) is 0 Å². The topological polar surface area (TPSA) is 33.1 Å². The smallest absolute Gasteiger partial charge is 0.130 e. The van der Waals surface area contributed by atoms with Gasteiger partial charge in [0.15, 0.2) is 0 Å². The van der Waals surface area contributed by atoms with Crippen LogP contribution in [0.15, 0.2) is 24.3 Å². The van der Waals surface area contributed by atoms with E-state index < -0.39 is 0 Å². The van der Waals surface area contributed by atoms with E-state index in [4.69, 9.17) is 11.6 Å². The predicted molar refractivity (Wildman–Crippen MR) is 84.3 cm³/mol. The first-order chi connectivity index (χ1) is 9.49. The van der Waals surface area contributed by atoms with Crippen LogP contribution in [0.25, 0.3) is 0 Å². The number of benzene rings is 1. The van der Waals surface area contributed by atoms with Gasteiger partial charge in [0.1, 0.15) is 5.82 Å². The molecule has 0 aliphatic heterocycles. The molecule has 2 aromatic rings. The van der Waals surface area contributed by atoms with Crippen molar-refractivity contribution in [1.29, 1.82) is 0 Å². The number of aromatic nitrogens is 2. The number of anilines is 1. The van der Waals surface area contributed by atoms with Crippen molar-refractivity contribution in [2.75, 3.05) is 19.0 Å². The number of hydrogen-bond donors (Lipinski definition) is 1. The van der Waals surface area contributed by atoms with Crippen LogP contribution in [0.2, 0.25) is 5.02 Å². The van der Waals surface area contributed by atoms with E-state index in [1.165, 1.54) is 11.1 Å². The molecule has 0 atom stereocenters. The molecule has 4 nitrogen and oxygen atoms in total.